The van der Waals surface area contributed by atoms with Crippen LogP contribution in [-0.2, 0) is 10.0 Å². The zero-order chi connectivity index (χ0) is 16.3. The van der Waals surface area contributed by atoms with Gasteiger partial charge in [0.15, 0.2) is 0 Å². The number of ether oxygens (including phenoxy) is 1. The fourth-order valence-electron chi connectivity index (χ4n) is 2.71. The Labute approximate surface area is 135 Å². The smallest absolute Gasteiger partial charge is 0.211 e. The average molecular weight is 336 g/mol. The van der Waals surface area contributed by atoms with Crippen molar-refractivity contribution in [2.45, 2.75) is 12.8 Å². The second-order valence-electron chi connectivity index (χ2n) is 5.81. The lowest BCUT2D eigenvalue weighted by atomic mass is 10.0. The molecule has 2 aromatic rings. The molecule has 23 heavy (non-hydrogen) atoms. The highest BCUT2D eigenvalue weighted by molar-refractivity contribution is 7.88. The summed E-state index contributed by atoms with van der Waals surface area (Å²) in [5, 5.41) is 6.65. The number of hydrogen-bond donors (Lipinski definition) is 1. The Morgan fingerprint density at radius 1 is 1.39 bits per heavy atom. The molecule has 0 saturated carbocycles. The Bertz CT molecular complexity index is 729. The minimum atomic E-state index is -3.12. The zero-order valence-electron chi connectivity index (χ0n) is 13.0. The van der Waals surface area contributed by atoms with Crippen LogP contribution in [0.15, 0.2) is 30.7 Å². The van der Waals surface area contributed by atoms with E-state index in [1.807, 2.05) is 12.1 Å². The van der Waals surface area contributed by atoms with Crippen LogP contribution in [0.5, 0.6) is 5.75 Å². The van der Waals surface area contributed by atoms with Gasteiger partial charge in [0.2, 0.25) is 10.0 Å². The highest BCUT2D eigenvalue weighted by Crippen LogP contribution is 2.21. The molecule has 3 heterocycles. The van der Waals surface area contributed by atoms with Gasteiger partial charge in [0, 0.05) is 30.8 Å². The minimum Gasteiger partial charge on any atom is -0.492 e. The number of hydrogen-bond acceptors (Lipinski definition) is 5. The molecular formula is C15H20N4O3S. The molecule has 0 aromatic carbocycles. The molecule has 1 saturated heterocycles. The molecule has 0 radical (unpaired) electrons. The summed E-state index contributed by atoms with van der Waals surface area (Å²) in [6.45, 7) is 1.63. The molecule has 0 unspecified atom stereocenters. The molecule has 1 N–H and O–H groups in total. The largest absolute Gasteiger partial charge is 0.492 e. The SMILES string of the molecule is CS(=O)(=O)N1CCC[C@H](COc2ccc(-c3cn[nH]c3)nc2)C1. The summed E-state index contributed by atoms with van der Waals surface area (Å²) in [5.74, 6) is 0.903. The van der Waals surface area contributed by atoms with E-state index in [-0.39, 0.29) is 5.92 Å². The van der Waals surface area contributed by atoms with Crippen LogP contribution in [0.3, 0.4) is 0 Å². The maximum absolute atomic E-state index is 11.6. The van der Waals surface area contributed by atoms with Crippen LogP contribution in [0, 0.1) is 5.92 Å². The van der Waals surface area contributed by atoms with Crippen LogP contribution in [0.1, 0.15) is 12.8 Å². The first kappa shape index (κ1) is 15.9. The van der Waals surface area contributed by atoms with E-state index in [2.05, 4.69) is 15.2 Å². The Morgan fingerprint density at radius 3 is 2.91 bits per heavy atom. The van der Waals surface area contributed by atoms with Crippen molar-refractivity contribution in [3.8, 4) is 17.0 Å². The van der Waals surface area contributed by atoms with Crippen LogP contribution in [-0.4, -0.2) is 53.9 Å². The first-order valence-electron chi connectivity index (χ1n) is 7.55. The molecule has 3 rings (SSSR count). The molecule has 1 aliphatic rings. The highest BCUT2D eigenvalue weighted by atomic mass is 32.2. The van der Waals surface area contributed by atoms with E-state index in [1.165, 1.54) is 10.6 Å². The number of nitrogens with zero attached hydrogens (tertiary/aromatic N) is 3. The average Bonchev–Trinajstić information content (AvgIpc) is 3.07. The van der Waals surface area contributed by atoms with Crippen LogP contribution in [0.2, 0.25) is 0 Å². The second-order valence-corrected chi connectivity index (χ2v) is 7.79. The molecule has 124 valence electrons. The Hall–Kier alpha value is -1.93. The van der Waals surface area contributed by atoms with E-state index >= 15 is 0 Å². The predicted octanol–water partition coefficient (Wildman–Crippen LogP) is 1.52. The minimum absolute atomic E-state index is 0.215. The summed E-state index contributed by atoms with van der Waals surface area (Å²) in [6.07, 6.45) is 8.29. The van der Waals surface area contributed by atoms with Crippen LogP contribution < -0.4 is 4.74 Å². The maximum atomic E-state index is 11.6. The quantitative estimate of drug-likeness (QED) is 0.894. The topological polar surface area (TPSA) is 88.2 Å². The first-order valence-corrected chi connectivity index (χ1v) is 9.40. The van der Waals surface area contributed by atoms with E-state index in [1.54, 1.807) is 18.6 Å². The summed E-state index contributed by atoms with van der Waals surface area (Å²) < 4.78 is 30.6. The lowest BCUT2D eigenvalue weighted by molar-refractivity contribution is 0.180. The summed E-state index contributed by atoms with van der Waals surface area (Å²) in [5.41, 5.74) is 1.75. The Kier molecular flexibility index (Phi) is 4.63. The molecule has 2 aromatic heterocycles. The van der Waals surface area contributed by atoms with Gasteiger partial charge in [-0.3, -0.25) is 10.1 Å². The van der Waals surface area contributed by atoms with Crippen LogP contribution in [0.4, 0.5) is 0 Å². The molecule has 0 spiro atoms. The lowest BCUT2D eigenvalue weighted by Gasteiger charge is -2.30. The number of aromatic amines is 1. The van der Waals surface area contributed by atoms with Crippen molar-refractivity contribution in [3.05, 3.63) is 30.7 Å². The number of sulfonamides is 1. The third kappa shape index (κ3) is 4.08. The summed E-state index contributed by atoms with van der Waals surface area (Å²) in [6, 6.07) is 3.75. The third-order valence-corrected chi connectivity index (χ3v) is 5.24. The molecular weight excluding hydrogens is 316 g/mol. The van der Waals surface area contributed by atoms with Gasteiger partial charge in [-0.25, -0.2) is 12.7 Å². The van der Waals surface area contributed by atoms with Crippen LogP contribution >= 0.6 is 0 Å². The highest BCUT2D eigenvalue weighted by Gasteiger charge is 2.26. The molecule has 0 amide bonds. The predicted molar refractivity (Wildman–Crippen MR) is 86.5 cm³/mol. The Morgan fingerprint density at radius 2 is 2.26 bits per heavy atom. The van der Waals surface area contributed by atoms with Crippen molar-refractivity contribution in [2.24, 2.45) is 5.92 Å². The molecule has 7 nitrogen and oxygen atoms in total. The van der Waals surface area contributed by atoms with Crippen molar-refractivity contribution in [2.75, 3.05) is 26.0 Å². The zero-order valence-corrected chi connectivity index (χ0v) is 13.8. The number of pyridine rings is 1. The number of aromatic nitrogens is 3. The van der Waals surface area contributed by atoms with Gasteiger partial charge in [0.05, 0.1) is 31.0 Å². The normalized spacial score (nSPS) is 19.6. The van der Waals surface area contributed by atoms with E-state index in [9.17, 15) is 8.42 Å². The van der Waals surface area contributed by atoms with Gasteiger partial charge < -0.3 is 4.74 Å². The first-order chi connectivity index (χ1) is 11.0. The van der Waals surface area contributed by atoms with Gasteiger partial charge in [-0.2, -0.15) is 5.10 Å². The monoisotopic (exact) mass is 336 g/mol. The Balaban J connectivity index is 1.56. The van der Waals surface area contributed by atoms with Crippen molar-refractivity contribution >= 4 is 10.0 Å². The van der Waals surface area contributed by atoms with E-state index in [4.69, 9.17) is 4.74 Å². The lowest BCUT2D eigenvalue weighted by Crippen LogP contribution is -2.40. The maximum Gasteiger partial charge on any atom is 0.211 e. The number of H-pyrrole nitrogens is 1. The van der Waals surface area contributed by atoms with Gasteiger partial charge in [0.1, 0.15) is 5.75 Å². The van der Waals surface area contributed by atoms with Crippen molar-refractivity contribution in [1.82, 2.24) is 19.5 Å². The van der Waals surface area contributed by atoms with Crippen molar-refractivity contribution in [3.63, 3.8) is 0 Å². The van der Waals surface area contributed by atoms with Gasteiger partial charge in [-0.05, 0) is 25.0 Å². The third-order valence-electron chi connectivity index (χ3n) is 3.97. The molecule has 1 atom stereocenters. The number of rotatable bonds is 5. The van der Waals surface area contributed by atoms with Crippen molar-refractivity contribution < 1.29 is 13.2 Å². The molecule has 0 aliphatic carbocycles. The standard InChI is InChI=1S/C15H20N4O3S/c1-23(20,21)19-6-2-3-12(10-19)11-22-14-4-5-15(16-9-14)13-7-17-18-8-13/h4-5,7-9,12H,2-3,6,10-11H2,1H3,(H,17,18)/t12-/m0/s1. The van der Waals surface area contributed by atoms with Gasteiger partial charge in [-0.1, -0.05) is 0 Å². The van der Waals surface area contributed by atoms with Crippen LogP contribution in [0.25, 0.3) is 11.3 Å². The van der Waals surface area contributed by atoms with E-state index < -0.39 is 10.0 Å². The summed E-state index contributed by atoms with van der Waals surface area (Å²) in [4.78, 5) is 4.35. The summed E-state index contributed by atoms with van der Waals surface area (Å²) >= 11 is 0. The van der Waals surface area contributed by atoms with Crippen molar-refractivity contribution in [1.29, 1.82) is 0 Å². The summed E-state index contributed by atoms with van der Waals surface area (Å²) in [7, 11) is -3.12. The van der Waals surface area contributed by atoms with Gasteiger partial charge in [0.25, 0.3) is 0 Å². The molecule has 0 bridgehead atoms. The van der Waals surface area contributed by atoms with E-state index in [0.717, 1.165) is 24.1 Å². The van der Waals surface area contributed by atoms with E-state index in [0.29, 0.717) is 25.4 Å². The van der Waals surface area contributed by atoms with Gasteiger partial charge in [-0.15, -0.1) is 0 Å². The molecule has 8 heteroatoms. The molecule has 1 fully saturated rings. The molecule has 1 aliphatic heterocycles. The number of nitrogens with one attached hydrogen (secondary N) is 1. The fraction of sp³-hybridized carbons (Fsp3) is 0.467. The van der Waals surface area contributed by atoms with Gasteiger partial charge >= 0.3 is 0 Å². The second kappa shape index (κ2) is 6.67. The fourth-order valence-corrected chi connectivity index (χ4v) is 3.65. The number of piperidine rings is 1.